The second-order valence-corrected chi connectivity index (χ2v) is 7.25. The van der Waals surface area contributed by atoms with Crippen LogP contribution in [0.5, 0.6) is 0 Å². The van der Waals surface area contributed by atoms with Gasteiger partial charge in [0.2, 0.25) is 0 Å². The topological polar surface area (TPSA) is 38.7 Å². The Hall–Kier alpha value is -4.06. The fourth-order valence-corrected chi connectivity index (χ4v) is 3.63. The molecule has 0 bridgehead atoms. The maximum Gasteiger partial charge on any atom is 0.417 e. The third-order valence-electron chi connectivity index (χ3n) is 5.12. The molecule has 0 unspecified atom stereocenters. The Bertz CT molecular complexity index is 1380. The molecule has 0 radical (unpaired) electrons. The SMILES string of the molecule is FC(F)(F)c1cc(-c2ccccc2)nc2nc(-c3ccccc3)nc(-c3ccccc3)c12. The van der Waals surface area contributed by atoms with E-state index < -0.39 is 11.7 Å². The van der Waals surface area contributed by atoms with Crippen molar-refractivity contribution in [2.75, 3.05) is 0 Å². The normalized spacial score (nSPS) is 11.6. The van der Waals surface area contributed by atoms with Crippen molar-refractivity contribution in [3.63, 3.8) is 0 Å². The quantitative estimate of drug-likeness (QED) is 0.310. The van der Waals surface area contributed by atoms with Crippen LogP contribution >= 0.6 is 0 Å². The fraction of sp³-hybridized carbons (Fsp3) is 0.0385. The van der Waals surface area contributed by atoms with E-state index in [2.05, 4.69) is 15.0 Å². The molecule has 0 spiro atoms. The minimum atomic E-state index is -4.61. The minimum Gasteiger partial charge on any atom is -0.228 e. The number of alkyl halides is 3. The first kappa shape index (κ1) is 19.9. The summed E-state index contributed by atoms with van der Waals surface area (Å²) in [6.45, 7) is 0. The first-order chi connectivity index (χ1) is 15.5. The van der Waals surface area contributed by atoms with Crippen LogP contribution in [-0.4, -0.2) is 15.0 Å². The Kier molecular flexibility index (Phi) is 4.90. The van der Waals surface area contributed by atoms with Crippen molar-refractivity contribution in [3.8, 4) is 33.9 Å². The molecule has 0 aliphatic heterocycles. The van der Waals surface area contributed by atoms with Gasteiger partial charge in [0.05, 0.1) is 22.3 Å². The predicted molar refractivity (Wildman–Crippen MR) is 119 cm³/mol. The maximum atomic E-state index is 14.2. The Morgan fingerprint density at radius 2 is 1.09 bits per heavy atom. The summed E-state index contributed by atoms with van der Waals surface area (Å²) in [4.78, 5) is 13.6. The summed E-state index contributed by atoms with van der Waals surface area (Å²) in [5.74, 6) is 0.322. The standard InChI is InChI=1S/C26H16F3N3/c27-26(28,29)20-16-21(17-10-4-1-5-11-17)30-25-22(20)23(18-12-6-2-7-13-18)31-24(32-25)19-14-8-3-9-15-19/h1-16H. The van der Waals surface area contributed by atoms with E-state index in [1.807, 2.05) is 30.3 Å². The zero-order valence-electron chi connectivity index (χ0n) is 16.7. The van der Waals surface area contributed by atoms with Gasteiger partial charge in [0.1, 0.15) is 0 Å². The highest BCUT2D eigenvalue weighted by Crippen LogP contribution is 2.40. The predicted octanol–water partition coefficient (Wildman–Crippen LogP) is 7.04. The van der Waals surface area contributed by atoms with Crippen LogP contribution in [0.2, 0.25) is 0 Å². The van der Waals surface area contributed by atoms with Gasteiger partial charge in [-0.3, -0.25) is 0 Å². The second kappa shape index (κ2) is 7.89. The van der Waals surface area contributed by atoms with E-state index in [4.69, 9.17) is 0 Å². The highest BCUT2D eigenvalue weighted by atomic mass is 19.4. The van der Waals surface area contributed by atoms with Crippen LogP contribution in [-0.2, 0) is 6.18 Å². The Morgan fingerprint density at radius 1 is 0.562 bits per heavy atom. The van der Waals surface area contributed by atoms with Crippen LogP contribution in [0.25, 0.3) is 44.9 Å². The van der Waals surface area contributed by atoms with E-state index in [1.54, 1.807) is 60.7 Å². The molecule has 0 aliphatic rings. The molecule has 0 amide bonds. The lowest BCUT2D eigenvalue weighted by molar-refractivity contribution is -0.136. The molecule has 0 atom stereocenters. The third kappa shape index (κ3) is 3.71. The van der Waals surface area contributed by atoms with Crippen molar-refractivity contribution in [2.45, 2.75) is 6.18 Å². The summed E-state index contributed by atoms with van der Waals surface area (Å²) < 4.78 is 42.7. The van der Waals surface area contributed by atoms with Gasteiger partial charge in [0, 0.05) is 16.7 Å². The molecule has 156 valence electrons. The Labute approximate surface area is 182 Å². The highest BCUT2D eigenvalue weighted by molar-refractivity contribution is 5.96. The zero-order chi connectivity index (χ0) is 22.1. The number of pyridine rings is 1. The molecule has 0 saturated heterocycles. The van der Waals surface area contributed by atoms with Gasteiger partial charge in [0.25, 0.3) is 0 Å². The van der Waals surface area contributed by atoms with Gasteiger partial charge >= 0.3 is 6.18 Å². The molecule has 0 fully saturated rings. The van der Waals surface area contributed by atoms with Crippen molar-refractivity contribution >= 4 is 11.0 Å². The fourth-order valence-electron chi connectivity index (χ4n) is 3.63. The number of hydrogen-bond acceptors (Lipinski definition) is 3. The number of hydrogen-bond donors (Lipinski definition) is 0. The van der Waals surface area contributed by atoms with Crippen LogP contribution in [0.4, 0.5) is 13.2 Å². The molecule has 6 heteroatoms. The van der Waals surface area contributed by atoms with Crippen LogP contribution in [0.1, 0.15) is 5.56 Å². The number of aromatic nitrogens is 3. The molecule has 0 N–H and O–H groups in total. The van der Waals surface area contributed by atoms with E-state index in [0.29, 0.717) is 22.5 Å². The molecule has 32 heavy (non-hydrogen) atoms. The van der Waals surface area contributed by atoms with E-state index >= 15 is 0 Å². The highest BCUT2D eigenvalue weighted by Gasteiger charge is 2.35. The first-order valence-electron chi connectivity index (χ1n) is 9.97. The number of rotatable bonds is 3. The number of halogens is 3. The third-order valence-corrected chi connectivity index (χ3v) is 5.12. The van der Waals surface area contributed by atoms with E-state index in [9.17, 15) is 13.2 Å². The average molecular weight is 427 g/mol. The lowest BCUT2D eigenvalue weighted by Gasteiger charge is -2.16. The van der Waals surface area contributed by atoms with Crippen LogP contribution in [0.15, 0.2) is 97.1 Å². The number of benzene rings is 3. The van der Waals surface area contributed by atoms with E-state index in [1.165, 1.54) is 0 Å². The van der Waals surface area contributed by atoms with Crippen molar-refractivity contribution in [1.29, 1.82) is 0 Å². The van der Waals surface area contributed by atoms with Gasteiger partial charge in [-0.2, -0.15) is 13.2 Å². The monoisotopic (exact) mass is 427 g/mol. The van der Waals surface area contributed by atoms with Gasteiger partial charge < -0.3 is 0 Å². The van der Waals surface area contributed by atoms with Crippen LogP contribution in [0.3, 0.4) is 0 Å². The zero-order valence-corrected chi connectivity index (χ0v) is 16.7. The number of nitrogens with zero attached hydrogens (tertiary/aromatic N) is 3. The molecule has 0 saturated carbocycles. The van der Waals surface area contributed by atoms with E-state index in [0.717, 1.165) is 6.07 Å². The van der Waals surface area contributed by atoms with Crippen molar-refractivity contribution < 1.29 is 13.2 Å². The van der Waals surface area contributed by atoms with E-state index in [-0.39, 0.29) is 22.4 Å². The molecule has 2 heterocycles. The first-order valence-corrected chi connectivity index (χ1v) is 9.97. The van der Waals surface area contributed by atoms with Gasteiger partial charge in [-0.25, -0.2) is 15.0 Å². The molecule has 2 aromatic heterocycles. The summed E-state index contributed by atoms with van der Waals surface area (Å²) in [5, 5.41) is -0.108. The van der Waals surface area contributed by atoms with Crippen LogP contribution in [0, 0.1) is 0 Å². The van der Waals surface area contributed by atoms with Gasteiger partial charge in [-0.15, -0.1) is 0 Å². The summed E-state index contributed by atoms with van der Waals surface area (Å²) >= 11 is 0. The summed E-state index contributed by atoms with van der Waals surface area (Å²) in [6, 6.07) is 27.9. The summed E-state index contributed by atoms with van der Waals surface area (Å²) in [6.07, 6.45) is -4.61. The second-order valence-electron chi connectivity index (χ2n) is 7.25. The molecular formula is C26H16F3N3. The Balaban J connectivity index is 1.90. The Morgan fingerprint density at radius 3 is 1.66 bits per heavy atom. The summed E-state index contributed by atoms with van der Waals surface area (Å²) in [5.41, 5.74) is 1.46. The molecular weight excluding hydrogens is 411 g/mol. The molecule has 0 aliphatic carbocycles. The lowest BCUT2D eigenvalue weighted by atomic mass is 10.0. The average Bonchev–Trinajstić information content (AvgIpc) is 2.83. The maximum absolute atomic E-state index is 14.2. The largest absolute Gasteiger partial charge is 0.417 e. The van der Waals surface area contributed by atoms with Gasteiger partial charge in [-0.05, 0) is 6.07 Å². The van der Waals surface area contributed by atoms with Crippen molar-refractivity contribution in [1.82, 2.24) is 15.0 Å². The molecule has 5 rings (SSSR count). The van der Waals surface area contributed by atoms with Crippen molar-refractivity contribution in [2.24, 2.45) is 0 Å². The summed E-state index contributed by atoms with van der Waals surface area (Å²) in [7, 11) is 0. The van der Waals surface area contributed by atoms with Gasteiger partial charge in [-0.1, -0.05) is 91.0 Å². The lowest BCUT2D eigenvalue weighted by Crippen LogP contribution is -2.10. The molecule has 3 aromatic carbocycles. The van der Waals surface area contributed by atoms with Gasteiger partial charge in [0.15, 0.2) is 11.5 Å². The van der Waals surface area contributed by atoms with Crippen molar-refractivity contribution in [3.05, 3.63) is 103 Å². The molecule has 3 nitrogen and oxygen atoms in total. The molecule has 5 aromatic rings. The minimum absolute atomic E-state index is 0.00591. The number of fused-ring (bicyclic) bond motifs is 1. The van der Waals surface area contributed by atoms with Crippen LogP contribution < -0.4 is 0 Å². The smallest absolute Gasteiger partial charge is 0.228 e.